The number of urea groups is 1. The highest BCUT2D eigenvalue weighted by Gasteiger charge is 2.34. The van der Waals surface area contributed by atoms with Gasteiger partial charge in [0.05, 0.1) is 6.04 Å². The van der Waals surface area contributed by atoms with E-state index in [1.54, 1.807) is 0 Å². The molecule has 0 radical (unpaired) electrons. The second kappa shape index (κ2) is 12.5. The molecule has 4 rings (SSSR count). The minimum Gasteiger partial charge on any atom is -0.335 e. The molecule has 0 aromatic heterocycles. The number of carbonyl (C=O) groups is 2. The predicted octanol–water partition coefficient (Wildman–Crippen LogP) is 3.26. The fraction of sp³-hybridized carbons (Fsp3) is 0.379. The predicted molar refractivity (Wildman–Crippen MR) is 144 cm³/mol. The number of nitrogens with one attached hydrogen (secondary N) is 1. The lowest BCUT2D eigenvalue weighted by atomic mass is 10.0. The minimum absolute atomic E-state index is 0.0378. The second-order valence-corrected chi connectivity index (χ2v) is 9.53. The average Bonchev–Trinajstić information content (AvgIpc) is 2.93. The number of carbonyl (C=O) groups excluding carboxylic acids is 2. The smallest absolute Gasteiger partial charge is 0.317 e. The van der Waals surface area contributed by atoms with Gasteiger partial charge < -0.3 is 26.6 Å². The van der Waals surface area contributed by atoms with E-state index in [0.29, 0.717) is 39.1 Å². The molecule has 36 heavy (non-hydrogen) atoms. The van der Waals surface area contributed by atoms with Crippen LogP contribution in [0.5, 0.6) is 0 Å². The lowest BCUT2D eigenvalue weighted by molar-refractivity contribution is -0.137. The molecule has 0 bridgehead atoms. The van der Waals surface area contributed by atoms with Crippen molar-refractivity contribution in [2.24, 2.45) is 11.5 Å². The molecule has 1 aliphatic rings. The van der Waals surface area contributed by atoms with E-state index in [9.17, 15) is 9.59 Å². The van der Waals surface area contributed by atoms with Gasteiger partial charge in [-0.25, -0.2) is 4.79 Å². The molecule has 0 aliphatic carbocycles. The van der Waals surface area contributed by atoms with Crippen molar-refractivity contribution < 1.29 is 9.59 Å². The van der Waals surface area contributed by atoms with Crippen molar-refractivity contribution in [3.05, 3.63) is 83.9 Å². The fourth-order valence-electron chi connectivity index (χ4n) is 4.87. The molecule has 7 heteroatoms. The number of aryl methyl sites for hydroxylation is 1. The van der Waals surface area contributed by atoms with Crippen LogP contribution < -0.4 is 16.8 Å². The summed E-state index contributed by atoms with van der Waals surface area (Å²) in [4.78, 5) is 29.9. The van der Waals surface area contributed by atoms with E-state index < -0.39 is 6.04 Å². The van der Waals surface area contributed by atoms with Crippen molar-refractivity contribution in [3.63, 3.8) is 0 Å². The molecule has 3 amide bonds. The van der Waals surface area contributed by atoms with Crippen LogP contribution in [0.4, 0.5) is 4.79 Å². The second-order valence-electron chi connectivity index (χ2n) is 9.53. The van der Waals surface area contributed by atoms with Gasteiger partial charge in [0.2, 0.25) is 5.91 Å². The number of benzene rings is 3. The molecular formula is C29H37N5O2. The number of fused-ring (bicyclic) bond motifs is 1. The Morgan fingerprint density at radius 3 is 2.47 bits per heavy atom. The van der Waals surface area contributed by atoms with Crippen molar-refractivity contribution in [1.29, 1.82) is 0 Å². The summed E-state index contributed by atoms with van der Waals surface area (Å²) in [5.74, 6) is -0.0378. The van der Waals surface area contributed by atoms with Crippen molar-refractivity contribution in [2.75, 3.05) is 26.2 Å². The maximum atomic E-state index is 13.2. The standard InChI is InChI=1S/C29H37N5O2/c30-16-6-11-26-21-33(29(36)32-20-23-12-14-24-9-4-5-10-25(24)19-23)17-18-34(26)28(35)27(31)15-13-22-7-2-1-3-8-22/h1-5,7-10,12,14,19,26-27H,6,11,13,15-18,20-21,30-31H2,(H,32,36)/t26-,27-/m0/s1. The van der Waals surface area contributed by atoms with Gasteiger partial charge in [-0.15, -0.1) is 0 Å². The molecular weight excluding hydrogens is 450 g/mol. The monoisotopic (exact) mass is 487 g/mol. The lowest BCUT2D eigenvalue weighted by Gasteiger charge is -2.42. The highest BCUT2D eigenvalue weighted by Crippen LogP contribution is 2.18. The Morgan fingerprint density at radius 1 is 0.944 bits per heavy atom. The Balaban J connectivity index is 1.33. The normalized spacial score (nSPS) is 16.7. The number of hydrogen-bond donors (Lipinski definition) is 3. The van der Waals surface area contributed by atoms with E-state index in [-0.39, 0.29) is 18.0 Å². The van der Waals surface area contributed by atoms with Crippen molar-refractivity contribution in [3.8, 4) is 0 Å². The van der Waals surface area contributed by atoms with Crippen molar-refractivity contribution in [2.45, 2.75) is 44.3 Å². The molecule has 1 heterocycles. The molecule has 190 valence electrons. The summed E-state index contributed by atoms with van der Waals surface area (Å²) in [5, 5.41) is 5.38. The minimum atomic E-state index is -0.557. The van der Waals surface area contributed by atoms with Crippen LogP contribution >= 0.6 is 0 Å². The van der Waals surface area contributed by atoms with E-state index in [4.69, 9.17) is 11.5 Å². The summed E-state index contributed by atoms with van der Waals surface area (Å²) in [6.07, 6.45) is 2.90. The van der Waals surface area contributed by atoms with Gasteiger partial charge in [-0.3, -0.25) is 4.79 Å². The number of hydrogen-bond acceptors (Lipinski definition) is 4. The Kier molecular flexibility index (Phi) is 8.92. The van der Waals surface area contributed by atoms with Crippen LogP contribution in [-0.4, -0.2) is 60.0 Å². The van der Waals surface area contributed by atoms with Crippen LogP contribution in [0.1, 0.15) is 30.4 Å². The Labute approximate surface area is 213 Å². The first-order chi connectivity index (χ1) is 17.5. The molecule has 0 unspecified atom stereocenters. The van der Waals surface area contributed by atoms with Crippen LogP contribution in [0, 0.1) is 0 Å². The fourth-order valence-corrected chi connectivity index (χ4v) is 4.87. The molecule has 1 aliphatic heterocycles. The first-order valence-electron chi connectivity index (χ1n) is 12.9. The number of nitrogens with two attached hydrogens (primary N) is 2. The summed E-state index contributed by atoms with van der Waals surface area (Å²) in [7, 11) is 0. The Morgan fingerprint density at radius 2 is 1.69 bits per heavy atom. The first kappa shape index (κ1) is 25.7. The summed E-state index contributed by atoms with van der Waals surface area (Å²) in [5.41, 5.74) is 14.3. The quantitative estimate of drug-likeness (QED) is 0.431. The third-order valence-corrected chi connectivity index (χ3v) is 6.96. The number of nitrogens with zero attached hydrogens (tertiary/aromatic N) is 2. The zero-order chi connectivity index (χ0) is 25.3. The van der Waals surface area contributed by atoms with Crippen LogP contribution in [0.3, 0.4) is 0 Å². The third-order valence-electron chi connectivity index (χ3n) is 6.96. The van der Waals surface area contributed by atoms with Gasteiger partial charge in [-0.1, -0.05) is 66.7 Å². The lowest BCUT2D eigenvalue weighted by Crippen LogP contribution is -2.60. The Bertz CT molecular complexity index is 1150. The topological polar surface area (TPSA) is 105 Å². The highest BCUT2D eigenvalue weighted by molar-refractivity contribution is 5.84. The summed E-state index contributed by atoms with van der Waals surface area (Å²) < 4.78 is 0. The van der Waals surface area contributed by atoms with Crippen LogP contribution in [-0.2, 0) is 17.8 Å². The molecule has 1 saturated heterocycles. The van der Waals surface area contributed by atoms with E-state index in [1.165, 1.54) is 10.9 Å². The molecule has 3 aromatic carbocycles. The number of amides is 3. The van der Waals surface area contributed by atoms with Crippen LogP contribution in [0.15, 0.2) is 72.8 Å². The van der Waals surface area contributed by atoms with E-state index in [0.717, 1.165) is 30.2 Å². The maximum absolute atomic E-state index is 13.2. The van der Waals surface area contributed by atoms with Crippen molar-refractivity contribution in [1.82, 2.24) is 15.1 Å². The van der Waals surface area contributed by atoms with Gasteiger partial charge in [-0.2, -0.15) is 0 Å². The van der Waals surface area contributed by atoms with Gasteiger partial charge in [0.15, 0.2) is 0 Å². The zero-order valence-electron chi connectivity index (χ0n) is 20.8. The van der Waals surface area contributed by atoms with Crippen LogP contribution in [0.2, 0.25) is 0 Å². The third kappa shape index (κ3) is 6.62. The van der Waals surface area contributed by atoms with Gasteiger partial charge in [0, 0.05) is 32.2 Å². The molecule has 2 atom stereocenters. The first-order valence-corrected chi connectivity index (χ1v) is 12.9. The SMILES string of the molecule is NCCC[C@H]1CN(C(=O)NCc2ccc3ccccc3c2)CCN1C(=O)[C@@H](N)CCc1ccccc1. The number of piperazine rings is 1. The van der Waals surface area contributed by atoms with Gasteiger partial charge in [0.25, 0.3) is 0 Å². The highest BCUT2D eigenvalue weighted by atomic mass is 16.2. The van der Waals surface area contributed by atoms with Gasteiger partial charge in [0.1, 0.15) is 0 Å². The molecule has 0 saturated carbocycles. The van der Waals surface area contributed by atoms with Crippen LogP contribution in [0.25, 0.3) is 10.8 Å². The van der Waals surface area contributed by atoms with E-state index in [1.807, 2.05) is 46.2 Å². The molecule has 7 nitrogen and oxygen atoms in total. The van der Waals surface area contributed by atoms with Crippen molar-refractivity contribution >= 4 is 22.7 Å². The summed E-state index contributed by atoms with van der Waals surface area (Å²) >= 11 is 0. The van der Waals surface area contributed by atoms with Gasteiger partial charge in [-0.05, 0) is 60.2 Å². The molecule has 1 fully saturated rings. The molecule has 3 aromatic rings. The van der Waals surface area contributed by atoms with E-state index in [2.05, 4.69) is 41.7 Å². The van der Waals surface area contributed by atoms with E-state index >= 15 is 0 Å². The molecule has 0 spiro atoms. The largest absolute Gasteiger partial charge is 0.335 e. The summed E-state index contributed by atoms with van der Waals surface area (Å²) in [6, 6.07) is 23.7. The zero-order valence-corrected chi connectivity index (χ0v) is 20.8. The summed E-state index contributed by atoms with van der Waals surface area (Å²) in [6.45, 7) is 2.46. The molecule has 5 N–H and O–H groups in total. The van der Waals surface area contributed by atoms with Gasteiger partial charge >= 0.3 is 6.03 Å². The Hall–Kier alpha value is -3.42. The number of rotatable bonds is 9. The average molecular weight is 488 g/mol. The maximum Gasteiger partial charge on any atom is 0.317 e.